The highest BCUT2D eigenvalue weighted by Gasteiger charge is 2.41. The van der Waals surface area contributed by atoms with E-state index in [2.05, 4.69) is 20.1 Å². The molecule has 1 heterocycles. The quantitative estimate of drug-likeness (QED) is 0.217. The Labute approximate surface area is 222 Å². The molecule has 40 heavy (non-hydrogen) atoms. The number of carbonyl (C=O) groups is 1. The predicted molar refractivity (Wildman–Crippen MR) is 121 cm³/mol. The van der Waals surface area contributed by atoms with Crippen LogP contribution in [0.3, 0.4) is 0 Å². The zero-order chi connectivity index (χ0) is 29.9. The van der Waals surface area contributed by atoms with Gasteiger partial charge in [0.1, 0.15) is 17.5 Å². The zero-order valence-electron chi connectivity index (χ0n) is 19.2. The van der Waals surface area contributed by atoms with Crippen LogP contribution >= 0.6 is 11.6 Å². The number of rotatable bonds is 7. The Morgan fingerprint density at radius 3 is 2.17 bits per heavy atom. The topological polar surface area (TPSA) is 76.1 Å². The standard InChI is InChI=1S/C23H13ClF10N4O2/c24-16-5-3-11(9-18(16)40-23(32,33)34)14(21(26,27)28)10-17(25)12-2-4-13(15(8-12)22(29,30)31)19(39)37-38-20-35-6-1-7-36-20/h1-10,14H,(H,37,39)(H,35,36,38). The first kappa shape index (κ1) is 30.5. The van der Waals surface area contributed by atoms with E-state index in [-0.39, 0.29) is 24.2 Å². The minimum Gasteiger partial charge on any atom is -0.404 e. The number of carbonyl (C=O) groups excluding carboxylic acids is 1. The maximum atomic E-state index is 14.9. The van der Waals surface area contributed by atoms with Crippen molar-refractivity contribution in [2.24, 2.45) is 0 Å². The van der Waals surface area contributed by atoms with Gasteiger partial charge in [0.25, 0.3) is 5.91 Å². The summed E-state index contributed by atoms with van der Waals surface area (Å²) in [5, 5.41) is -0.705. The fourth-order valence-corrected chi connectivity index (χ4v) is 3.36. The molecule has 214 valence electrons. The summed E-state index contributed by atoms with van der Waals surface area (Å²) in [5.41, 5.74) is -0.616. The lowest BCUT2D eigenvalue weighted by atomic mass is 9.95. The molecule has 0 saturated heterocycles. The van der Waals surface area contributed by atoms with Crippen molar-refractivity contribution < 1.29 is 53.4 Å². The van der Waals surface area contributed by atoms with Gasteiger partial charge in [0.05, 0.1) is 16.1 Å². The third kappa shape index (κ3) is 7.97. The summed E-state index contributed by atoms with van der Waals surface area (Å²) in [6.45, 7) is 0. The van der Waals surface area contributed by atoms with Crippen LogP contribution in [0.4, 0.5) is 49.9 Å². The van der Waals surface area contributed by atoms with Gasteiger partial charge < -0.3 is 4.74 Å². The second kappa shape index (κ2) is 11.6. The van der Waals surface area contributed by atoms with Gasteiger partial charge in [-0.1, -0.05) is 23.7 Å². The van der Waals surface area contributed by atoms with Crippen LogP contribution in [0.25, 0.3) is 5.83 Å². The molecule has 0 spiro atoms. The SMILES string of the molecule is O=C(NNc1ncccn1)c1ccc(C(F)=CC(c2ccc(Cl)c(OC(F)(F)F)c2)C(F)(F)F)cc1C(F)(F)F. The maximum absolute atomic E-state index is 14.9. The molecule has 1 unspecified atom stereocenters. The van der Waals surface area contributed by atoms with E-state index in [1.165, 1.54) is 18.5 Å². The van der Waals surface area contributed by atoms with Crippen LogP contribution in [-0.4, -0.2) is 28.4 Å². The first-order valence-corrected chi connectivity index (χ1v) is 10.9. The van der Waals surface area contributed by atoms with Crippen molar-refractivity contribution in [2.45, 2.75) is 24.6 Å². The number of alkyl halides is 9. The van der Waals surface area contributed by atoms with E-state index in [0.29, 0.717) is 24.3 Å². The number of aromatic nitrogens is 2. The molecule has 0 aliphatic heterocycles. The third-order valence-electron chi connectivity index (χ3n) is 4.90. The number of anilines is 1. The Kier molecular flexibility index (Phi) is 8.81. The van der Waals surface area contributed by atoms with Crippen LogP contribution in [0.1, 0.15) is 33.0 Å². The average Bonchev–Trinajstić information content (AvgIpc) is 2.85. The summed E-state index contributed by atoms with van der Waals surface area (Å²) in [6, 6.07) is 4.22. The highest BCUT2D eigenvalue weighted by molar-refractivity contribution is 6.32. The van der Waals surface area contributed by atoms with Crippen molar-refractivity contribution in [1.82, 2.24) is 15.4 Å². The minimum atomic E-state index is -5.32. The highest BCUT2D eigenvalue weighted by atomic mass is 35.5. The van der Waals surface area contributed by atoms with E-state index in [4.69, 9.17) is 11.6 Å². The van der Waals surface area contributed by atoms with Gasteiger partial charge in [-0.2, -0.15) is 26.3 Å². The predicted octanol–water partition coefficient (Wildman–Crippen LogP) is 7.46. The molecule has 17 heteroatoms. The molecule has 0 bridgehead atoms. The second-order valence-corrected chi connectivity index (χ2v) is 8.09. The van der Waals surface area contributed by atoms with Gasteiger partial charge in [0, 0.05) is 18.0 Å². The van der Waals surface area contributed by atoms with Gasteiger partial charge in [0.15, 0.2) is 0 Å². The molecule has 1 atom stereocenters. The molecule has 1 amide bonds. The van der Waals surface area contributed by atoms with Gasteiger partial charge in [-0.3, -0.25) is 15.6 Å². The number of benzene rings is 2. The molecule has 2 N–H and O–H groups in total. The zero-order valence-corrected chi connectivity index (χ0v) is 20.0. The average molecular weight is 603 g/mol. The summed E-state index contributed by atoms with van der Waals surface area (Å²) in [7, 11) is 0. The number of hydrazine groups is 1. The van der Waals surface area contributed by atoms with Gasteiger partial charge in [0.2, 0.25) is 5.95 Å². The van der Waals surface area contributed by atoms with Crippen LogP contribution in [-0.2, 0) is 6.18 Å². The first-order chi connectivity index (χ1) is 18.5. The maximum Gasteiger partial charge on any atom is 0.573 e. The van der Waals surface area contributed by atoms with Crippen LogP contribution in [0.5, 0.6) is 5.75 Å². The normalized spacial score (nSPS) is 13.5. The summed E-state index contributed by atoms with van der Waals surface area (Å²) < 4.78 is 139. The number of nitrogens with one attached hydrogen (secondary N) is 2. The van der Waals surface area contributed by atoms with Crippen LogP contribution < -0.4 is 15.6 Å². The fraction of sp³-hybridized carbons (Fsp3) is 0.174. The number of hydrogen-bond acceptors (Lipinski definition) is 5. The van der Waals surface area contributed by atoms with Gasteiger partial charge in [-0.15, -0.1) is 13.2 Å². The van der Waals surface area contributed by atoms with E-state index in [9.17, 15) is 48.7 Å². The number of hydrogen-bond donors (Lipinski definition) is 2. The summed E-state index contributed by atoms with van der Waals surface area (Å²) >= 11 is 5.53. The summed E-state index contributed by atoms with van der Waals surface area (Å²) in [5.74, 6) is -7.49. The van der Waals surface area contributed by atoms with Crippen molar-refractivity contribution in [1.29, 1.82) is 0 Å². The first-order valence-electron chi connectivity index (χ1n) is 10.5. The Balaban J connectivity index is 1.98. The van der Waals surface area contributed by atoms with E-state index in [1.807, 2.05) is 5.43 Å². The lowest BCUT2D eigenvalue weighted by Crippen LogP contribution is -2.32. The van der Waals surface area contributed by atoms with E-state index < -0.39 is 69.4 Å². The second-order valence-electron chi connectivity index (χ2n) is 7.68. The Hall–Kier alpha value is -4.08. The van der Waals surface area contributed by atoms with Gasteiger partial charge >= 0.3 is 18.7 Å². The number of nitrogens with zero attached hydrogens (tertiary/aromatic N) is 2. The Morgan fingerprint density at radius 2 is 1.60 bits per heavy atom. The molecule has 3 rings (SSSR count). The van der Waals surface area contributed by atoms with Crippen LogP contribution in [0, 0.1) is 0 Å². The molecular formula is C23H13ClF10N4O2. The third-order valence-corrected chi connectivity index (χ3v) is 5.22. The highest BCUT2D eigenvalue weighted by Crippen LogP contribution is 2.42. The molecule has 0 aliphatic carbocycles. The van der Waals surface area contributed by atoms with Gasteiger partial charge in [-0.25, -0.2) is 14.4 Å². The molecule has 0 aliphatic rings. The molecule has 0 saturated carbocycles. The number of amides is 1. The Bertz CT molecular complexity index is 1390. The number of allylic oxidation sites excluding steroid dienone is 1. The van der Waals surface area contributed by atoms with Crippen molar-refractivity contribution in [2.75, 3.05) is 5.43 Å². The van der Waals surface area contributed by atoms with E-state index in [0.717, 1.165) is 0 Å². The fourth-order valence-electron chi connectivity index (χ4n) is 3.21. The van der Waals surface area contributed by atoms with Crippen LogP contribution in [0.2, 0.25) is 5.02 Å². The molecule has 3 aromatic rings. The molecule has 1 aromatic heterocycles. The number of ether oxygens (including phenoxy) is 1. The minimum absolute atomic E-state index is 0.104. The lowest BCUT2D eigenvalue weighted by Gasteiger charge is -2.20. The van der Waals surface area contributed by atoms with Crippen molar-refractivity contribution >= 4 is 29.3 Å². The molecular weight excluding hydrogens is 590 g/mol. The van der Waals surface area contributed by atoms with Crippen LogP contribution in [0.15, 0.2) is 60.9 Å². The summed E-state index contributed by atoms with van der Waals surface area (Å²) in [6.07, 6.45) is -13.5. The number of halogens is 11. The Morgan fingerprint density at radius 1 is 0.950 bits per heavy atom. The van der Waals surface area contributed by atoms with Crippen molar-refractivity contribution in [3.8, 4) is 5.75 Å². The molecule has 0 fully saturated rings. The van der Waals surface area contributed by atoms with Gasteiger partial charge in [-0.05, 0) is 42.0 Å². The smallest absolute Gasteiger partial charge is 0.404 e. The lowest BCUT2D eigenvalue weighted by molar-refractivity contribution is -0.274. The van der Waals surface area contributed by atoms with E-state index in [1.54, 1.807) is 0 Å². The van der Waals surface area contributed by atoms with E-state index >= 15 is 0 Å². The summed E-state index contributed by atoms with van der Waals surface area (Å²) in [4.78, 5) is 19.7. The largest absolute Gasteiger partial charge is 0.573 e. The molecule has 0 radical (unpaired) electrons. The monoisotopic (exact) mass is 602 g/mol. The van der Waals surface area contributed by atoms with Crippen molar-refractivity contribution in [3.63, 3.8) is 0 Å². The van der Waals surface area contributed by atoms with Crippen molar-refractivity contribution in [3.05, 3.63) is 88.2 Å². The molecule has 6 nitrogen and oxygen atoms in total. The molecule has 2 aromatic carbocycles.